The Morgan fingerprint density at radius 1 is 1.00 bits per heavy atom. The number of rotatable bonds is 6. The third-order valence-electron chi connectivity index (χ3n) is 3.69. The monoisotopic (exact) mass is 353 g/mol. The van der Waals surface area contributed by atoms with Gasteiger partial charge in [-0.25, -0.2) is 0 Å². The van der Waals surface area contributed by atoms with Gasteiger partial charge in [-0.3, -0.25) is 9.59 Å². The van der Waals surface area contributed by atoms with Crippen molar-refractivity contribution < 1.29 is 14.4 Å². The Labute approximate surface area is 153 Å². The van der Waals surface area contributed by atoms with Crippen LogP contribution >= 0.6 is 0 Å². The Morgan fingerprint density at radius 3 is 2.35 bits per heavy atom. The number of oxime groups is 1. The van der Waals surface area contributed by atoms with Crippen molar-refractivity contribution in [1.29, 1.82) is 0 Å². The lowest BCUT2D eigenvalue weighted by Crippen LogP contribution is -2.18. The standard InChI is InChI=1S/C20H23N3O3/c1-13-5-6-14(2)19(11-13)22-20(25)12-26-23-15(3)17-7-9-18(10-8-17)21-16(4)24/h5-11H,12H2,1-4H3,(H,21,24)(H,22,25)/b23-15+. The van der Waals surface area contributed by atoms with Gasteiger partial charge in [0.1, 0.15) is 0 Å². The second kappa shape index (κ2) is 8.80. The number of amides is 2. The summed E-state index contributed by atoms with van der Waals surface area (Å²) in [7, 11) is 0. The van der Waals surface area contributed by atoms with Gasteiger partial charge in [-0.05, 0) is 55.7 Å². The Balaban J connectivity index is 1.89. The summed E-state index contributed by atoms with van der Waals surface area (Å²) in [6.07, 6.45) is 0. The van der Waals surface area contributed by atoms with Crippen molar-refractivity contribution in [1.82, 2.24) is 0 Å². The van der Waals surface area contributed by atoms with Crippen molar-refractivity contribution in [2.24, 2.45) is 5.16 Å². The highest BCUT2D eigenvalue weighted by molar-refractivity contribution is 5.99. The summed E-state index contributed by atoms with van der Waals surface area (Å²) in [4.78, 5) is 28.2. The van der Waals surface area contributed by atoms with Crippen molar-refractivity contribution in [3.05, 3.63) is 59.2 Å². The molecule has 26 heavy (non-hydrogen) atoms. The van der Waals surface area contributed by atoms with Crippen molar-refractivity contribution in [3.8, 4) is 0 Å². The average molecular weight is 353 g/mol. The fourth-order valence-corrected chi connectivity index (χ4v) is 2.30. The lowest BCUT2D eigenvalue weighted by molar-refractivity contribution is -0.120. The molecule has 2 amide bonds. The van der Waals surface area contributed by atoms with Crippen molar-refractivity contribution >= 4 is 28.9 Å². The second-order valence-electron chi connectivity index (χ2n) is 6.08. The predicted octanol–water partition coefficient (Wildman–Crippen LogP) is 3.64. The minimum atomic E-state index is -0.267. The molecule has 0 aromatic heterocycles. The minimum Gasteiger partial charge on any atom is -0.385 e. The summed E-state index contributed by atoms with van der Waals surface area (Å²) in [5, 5.41) is 9.49. The number of nitrogens with zero attached hydrogens (tertiary/aromatic N) is 1. The number of anilines is 2. The Bertz CT molecular complexity index is 827. The average Bonchev–Trinajstić information content (AvgIpc) is 2.58. The van der Waals surface area contributed by atoms with Crippen LogP contribution in [0.3, 0.4) is 0 Å². The Kier molecular flexibility index (Phi) is 6.49. The molecule has 2 rings (SSSR count). The van der Waals surface area contributed by atoms with Crippen LogP contribution < -0.4 is 10.6 Å². The highest BCUT2D eigenvalue weighted by Gasteiger charge is 2.06. The third-order valence-corrected chi connectivity index (χ3v) is 3.69. The van der Waals surface area contributed by atoms with E-state index in [2.05, 4.69) is 15.8 Å². The molecule has 0 unspecified atom stereocenters. The van der Waals surface area contributed by atoms with Gasteiger partial charge in [-0.1, -0.05) is 29.4 Å². The normalized spacial score (nSPS) is 11.0. The molecule has 0 aliphatic heterocycles. The van der Waals surface area contributed by atoms with E-state index in [-0.39, 0.29) is 18.4 Å². The van der Waals surface area contributed by atoms with Gasteiger partial charge in [0, 0.05) is 18.3 Å². The first-order chi connectivity index (χ1) is 12.3. The van der Waals surface area contributed by atoms with Crippen LogP contribution in [0.25, 0.3) is 0 Å². The summed E-state index contributed by atoms with van der Waals surface area (Å²) in [5.41, 5.74) is 5.02. The fraction of sp³-hybridized carbons (Fsp3) is 0.250. The van der Waals surface area contributed by atoms with Crippen LogP contribution in [-0.4, -0.2) is 24.1 Å². The molecule has 6 heteroatoms. The van der Waals surface area contributed by atoms with E-state index in [1.54, 1.807) is 19.1 Å². The Hall–Kier alpha value is -3.15. The quantitative estimate of drug-likeness (QED) is 0.614. The fourth-order valence-electron chi connectivity index (χ4n) is 2.30. The first-order valence-corrected chi connectivity index (χ1v) is 8.27. The van der Waals surface area contributed by atoms with Gasteiger partial charge < -0.3 is 15.5 Å². The maximum atomic E-state index is 12.0. The van der Waals surface area contributed by atoms with Crippen molar-refractivity contribution in [2.75, 3.05) is 17.2 Å². The molecule has 0 bridgehead atoms. The number of benzene rings is 2. The second-order valence-corrected chi connectivity index (χ2v) is 6.08. The SMILES string of the molecule is CC(=O)Nc1ccc(/C(C)=N/OCC(=O)Nc2cc(C)ccc2C)cc1. The Morgan fingerprint density at radius 2 is 1.69 bits per heavy atom. The van der Waals surface area contributed by atoms with Crippen molar-refractivity contribution in [2.45, 2.75) is 27.7 Å². The maximum Gasteiger partial charge on any atom is 0.265 e. The molecule has 2 aromatic carbocycles. The van der Waals surface area contributed by atoms with Gasteiger partial charge in [0.05, 0.1) is 5.71 Å². The smallest absolute Gasteiger partial charge is 0.265 e. The number of carbonyl (C=O) groups excluding carboxylic acids is 2. The van der Waals surface area contributed by atoms with Crippen LogP contribution in [-0.2, 0) is 14.4 Å². The van der Waals surface area contributed by atoms with Crippen LogP contribution in [0.2, 0.25) is 0 Å². The highest BCUT2D eigenvalue weighted by atomic mass is 16.6. The molecule has 2 aromatic rings. The number of aryl methyl sites for hydroxylation is 2. The lowest BCUT2D eigenvalue weighted by atomic mass is 10.1. The van der Waals surface area contributed by atoms with Gasteiger partial charge in [0.2, 0.25) is 5.91 Å². The van der Waals surface area contributed by atoms with E-state index in [4.69, 9.17) is 4.84 Å². The molecule has 0 heterocycles. The summed E-state index contributed by atoms with van der Waals surface area (Å²) in [6, 6.07) is 13.1. The number of nitrogens with one attached hydrogen (secondary N) is 2. The van der Waals surface area contributed by atoms with Crippen LogP contribution in [0.5, 0.6) is 0 Å². The van der Waals surface area contributed by atoms with E-state index in [0.717, 1.165) is 22.4 Å². The lowest BCUT2D eigenvalue weighted by Gasteiger charge is -2.09. The first kappa shape index (κ1) is 19.2. The van der Waals surface area contributed by atoms with E-state index < -0.39 is 0 Å². The zero-order valence-electron chi connectivity index (χ0n) is 15.4. The van der Waals surface area contributed by atoms with Gasteiger partial charge in [-0.15, -0.1) is 0 Å². The van der Waals surface area contributed by atoms with Crippen LogP contribution in [0.1, 0.15) is 30.5 Å². The predicted molar refractivity (Wildman–Crippen MR) is 103 cm³/mol. The molecule has 0 spiro atoms. The van der Waals surface area contributed by atoms with Crippen LogP contribution in [0.4, 0.5) is 11.4 Å². The van der Waals surface area contributed by atoms with E-state index in [9.17, 15) is 9.59 Å². The van der Waals surface area contributed by atoms with Crippen LogP contribution in [0.15, 0.2) is 47.6 Å². The molecule has 0 aliphatic carbocycles. The zero-order valence-corrected chi connectivity index (χ0v) is 15.4. The topological polar surface area (TPSA) is 79.8 Å². The van der Waals surface area contributed by atoms with Gasteiger partial charge >= 0.3 is 0 Å². The molecule has 0 saturated carbocycles. The van der Waals surface area contributed by atoms with Gasteiger partial charge in [0.25, 0.3) is 5.91 Å². The molecule has 0 fully saturated rings. The van der Waals surface area contributed by atoms with E-state index in [0.29, 0.717) is 11.4 Å². The molecule has 0 atom stereocenters. The molecule has 0 saturated heterocycles. The minimum absolute atomic E-state index is 0.124. The summed E-state index contributed by atoms with van der Waals surface area (Å²) >= 11 is 0. The molecule has 0 radical (unpaired) electrons. The largest absolute Gasteiger partial charge is 0.385 e. The number of carbonyl (C=O) groups is 2. The van der Waals surface area contributed by atoms with Gasteiger partial charge in [0.15, 0.2) is 6.61 Å². The van der Waals surface area contributed by atoms with E-state index in [1.807, 2.05) is 44.2 Å². The number of hydrogen-bond acceptors (Lipinski definition) is 4. The maximum absolute atomic E-state index is 12.0. The molecule has 6 nitrogen and oxygen atoms in total. The number of hydrogen-bond donors (Lipinski definition) is 2. The highest BCUT2D eigenvalue weighted by Crippen LogP contribution is 2.16. The molecular formula is C20H23N3O3. The van der Waals surface area contributed by atoms with Crippen molar-refractivity contribution in [3.63, 3.8) is 0 Å². The van der Waals surface area contributed by atoms with E-state index >= 15 is 0 Å². The molecular weight excluding hydrogens is 330 g/mol. The first-order valence-electron chi connectivity index (χ1n) is 8.27. The zero-order chi connectivity index (χ0) is 19.1. The summed E-state index contributed by atoms with van der Waals surface area (Å²) in [5.74, 6) is -0.391. The van der Waals surface area contributed by atoms with E-state index in [1.165, 1.54) is 6.92 Å². The third kappa shape index (κ3) is 5.73. The van der Waals surface area contributed by atoms with Crippen LogP contribution in [0, 0.1) is 13.8 Å². The summed E-state index contributed by atoms with van der Waals surface area (Å²) < 4.78 is 0. The molecule has 136 valence electrons. The molecule has 0 aliphatic rings. The summed E-state index contributed by atoms with van der Waals surface area (Å²) in [6.45, 7) is 6.97. The van der Waals surface area contributed by atoms with Gasteiger partial charge in [-0.2, -0.15) is 0 Å². The molecule has 2 N–H and O–H groups in total.